The Morgan fingerprint density at radius 1 is 1.50 bits per heavy atom. The van der Waals surface area contributed by atoms with Gasteiger partial charge >= 0.3 is 12.3 Å². The maximum absolute atomic E-state index is 12.2. The molecule has 4 nitrogen and oxygen atoms in total. The van der Waals surface area contributed by atoms with E-state index in [1.807, 2.05) is 0 Å². The average molecular weight is 284 g/mol. The monoisotopic (exact) mass is 283 g/mol. The summed E-state index contributed by atoms with van der Waals surface area (Å²) in [7, 11) is 0. The summed E-state index contributed by atoms with van der Waals surface area (Å²) in [6, 6.07) is 2.40. The Kier molecular flexibility index (Phi) is 4.42. The van der Waals surface area contributed by atoms with E-state index in [1.165, 1.54) is 12.1 Å². The SMILES string of the molecule is N[C@H](CC(=O)O)c1c(Cl)cccc1OC(F)(F)F. The molecule has 0 aromatic heterocycles. The smallest absolute Gasteiger partial charge is 0.481 e. The number of aliphatic carboxylic acids is 1. The summed E-state index contributed by atoms with van der Waals surface area (Å²) < 4.78 is 40.2. The van der Waals surface area contributed by atoms with Gasteiger partial charge in [-0.3, -0.25) is 4.79 Å². The normalized spacial score (nSPS) is 13.2. The summed E-state index contributed by atoms with van der Waals surface area (Å²) in [4.78, 5) is 10.5. The van der Waals surface area contributed by atoms with Crippen LogP contribution in [0.25, 0.3) is 0 Å². The summed E-state index contributed by atoms with van der Waals surface area (Å²) in [5.74, 6) is -1.84. The zero-order valence-corrected chi connectivity index (χ0v) is 9.63. The first kappa shape index (κ1) is 14.6. The first-order valence-corrected chi connectivity index (χ1v) is 5.10. The van der Waals surface area contributed by atoms with Crippen LogP contribution in [0.5, 0.6) is 5.75 Å². The summed E-state index contributed by atoms with van der Waals surface area (Å²) >= 11 is 5.72. The van der Waals surface area contributed by atoms with Crippen molar-refractivity contribution < 1.29 is 27.8 Å². The van der Waals surface area contributed by atoms with E-state index in [0.29, 0.717) is 0 Å². The quantitative estimate of drug-likeness (QED) is 0.891. The number of rotatable bonds is 4. The number of carbonyl (C=O) groups is 1. The molecule has 0 radical (unpaired) electrons. The van der Waals surface area contributed by atoms with Crippen LogP contribution in [0.2, 0.25) is 5.02 Å². The maximum atomic E-state index is 12.2. The lowest BCUT2D eigenvalue weighted by Gasteiger charge is -2.18. The van der Waals surface area contributed by atoms with Crippen LogP contribution in [0.15, 0.2) is 18.2 Å². The molecule has 0 aliphatic rings. The second-order valence-electron chi connectivity index (χ2n) is 3.40. The lowest BCUT2D eigenvalue weighted by molar-refractivity contribution is -0.274. The molecule has 0 aliphatic heterocycles. The van der Waals surface area contributed by atoms with Crippen molar-refractivity contribution in [1.29, 1.82) is 0 Å². The van der Waals surface area contributed by atoms with Gasteiger partial charge in [0, 0.05) is 16.6 Å². The molecule has 0 aliphatic carbocycles. The number of ether oxygens (including phenoxy) is 1. The van der Waals surface area contributed by atoms with Crippen LogP contribution in [0.4, 0.5) is 13.2 Å². The van der Waals surface area contributed by atoms with Gasteiger partial charge in [-0.05, 0) is 12.1 Å². The van der Waals surface area contributed by atoms with Crippen LogP contribution >= 0.6 is 11.6 Å². The third-order valence-corrected chi connectivity index (χ3v) is 2.33. The minimum Gasteiger partial charge on any atom is -0.481 e. The second-order valence-corrected chi connectivity index (χ2v) is 3.81. The van der Waals surface area contributed by atoms with E-state index >= 15 is 0 Å². The van der Waals surface area contributed by atoms with Gasteiger partial charge in [0.05, 0.1) is 6.42 Å². The zero-order valence-electron chi connectivity index (χ0n) is 8.87. The van der Waals surface area contributed by atoms with Crippen LogP contribution in [0.1, 0.15) is 18.0 Å². The first-order valence-electron chi connectivity index (χ1n) is 4.72. The van der Waals surface area contributed by atoms with Crippen LogP contribution in [-0.4, -0.2) is 17.4 Å². The molecule has 0 saturated heterocycles. The number of carboxylic acids is 1. The number of hydrogen-bond acceptors (Lipinski definition) is 3. The van der Waals surface area contributed by atoms with Crippen LogP contribution in [0.3, 0.4) is 0 Å². The molecule has 0 bridgehead atoms. The second kappa shape index (κ2) is 5.45. The molecule has 8 heteroatoms. The van der Waals surface area contributed by atoms with Crippen molar-refractivity contribution in [3.8, 4) is 5.75 Å². The van der Waals surface area contributed by atoms with Crippen molar-refractivity contribution in [3.05, 3.63) is 28.8 Å². The van der Waals surface area contributed by atoms with Crippen molar-refractivity contribution in [2.24, 2.45) is 5.73 Å². The summed E-state index contributed by atoms with van der Waals surface area (Å²) in [6.45, 7) is 0. The van der Waals surface area contributed by atoms with Gasteiger partial charge < -0.3 is 15.6 Å². The molecule has 0 unspecified atom stereocenters. The minimum absolute atomic E-state index is 0.0782. The van der Waals surface area contributed by atoms with E-state index in [-0.39, 0.29) is 10.6 Å². The molecule has 0 heterocycles. The van der Waals surface area contributed by atoms with Crippen molar-refractivity contribution in [2.75, 3.05) is 0 Å². The highest BCUT2D eigenvalue weighted by Gasteiger charge is 2.33. The van der Waals surface area contributed by atoms with E-state index in [4.69, 9.17) is 22.4 Å². The Morgan fingerprint density at radius 2 is 2.11 bits per heavy atom. The molecule has 18 heavy (non-hydrogen) atoms. The van der Waals surface area contributed by atoms with Gasteiger partial charge in [-0.15, -0.1) is 13.2 Å². The molecule has 0 fully saturated rings. The Morgan fingerprint density at radius 3 is 2.61 bits per heavy atom. The summed E-state index contributed by atoms with van der Waals surface area (Å²) in [6.07, 6.45) is -5.46. The number of hydrogen-bond donors (Lipinski definition) is 2. The van der Waals surface area contributed by atoms with Gasteiger partial charge in [-0.25, -0.2) is 0 Å². The molecule has 1 atom stereocenters. The van der Waals surface area contributed by atoms with E-state index in [9.17, 15) is 18.0 Å². The lowest BCUT2D eigenvalue weighted by Crippen LogP contribution is -2.21. The summed E-state index contributed by atoms with van der Waals surface area (Å²) in [5.41, 5.74) is 5.32. The highest BCUT2D eigenvalue weighted by Crippen LogP contribution is 2.35. The largest absolute Gasteiger partial charge is 0.573 e. The van der Waals surface area contributed by atoms with Crippen molar-refractivity contribution >= 4 is 17.6 Å². The molecular weight excluding hydrogens is 275 g/mol. The fourth-order valence-electron chi connectivity index (χ4n) is 1.38. The Labute approximate surface area is 105 Å². The summed E-state index contributed by atoms with van der Waals surface area (Å²) in [5, 5.41) is 8.50. The third kappa shape index (κ3) is 4.08. The Hall–Kier alpha value is -1.47. The average Bonchev–Trinajstić information content (AvgIpc) is 2.13. The van der Waals surface area contributed by atoms with Crippen molar-refractivity contribution in [2.45, 2.75) is 18.8 Å². The number of benzene rings is 1. The Bertz CT molecular complexity index is 450. The number of nitrogens with two attached hydrogens (primary N) is 1. The molecule has 1 aromatic rings. The highest BCUT2D eigenvalue weighted by molar-refractivity contribution is 6.31. The molecule has 0 saturated carbocycles. The van der Waals surface area contributed by atoms with E-state index in [2.05, 4.69) is 4.74 Å². The number of alkyl halides is 3. The predicted octanol–water partition coefficient (Wildman–Crippen LogP) is 2.71. The lowest BCUT2D eigenvalue weighted by atomic mass is 10.0. The van der Waals surface area contributed by atoms with Crippen molar-refractivity contribution in [1.82, 2.24) is 0 Å². The molecular formula is C10H9ClF3NO3. The van der Waals surface area contributed by atoms with Crippen LogP contribution < -0.4 is 10.5 Å². The molecule has 100 valence electrons. The highest BCUT2D eigenvalue weighted by atomic mass is 35.5. The number of halogens is 4. The Balaban J connectivity index is 3.11. The minimum atomic E-state index is -4.90. The molecule has 1 aromatic carbocycles. The fraction of sp³-hybridized carbons (Fsp3) is 0.300. The van der Waals surface area contributed by atoms with Crippen molar-refractivity contribution in [3.63, 3.8) is 0 Å². The van der Waals surface area contributed by atoms with Gasteiger partial charge in [0.15, 0.2) is 0 Å². The molecule has 3 N–H and O–H groups in total. The van der Waals surface area contributed by atoms with Gasteiger partial charge in [0.2, 0.25) is 0 Å². The van der Waals surface area contributed by atoms with E-state index < -0.39 is 30.5 Å². The van der Waals surface area contributed by atoms with Crippen LogP contribution in [-0.2, 0) is 4.79 Å². The van der Waals surface area contributed by atoms with Gasteiger partial charge in [-0.2, -0.15) is 0 Å². The van der Waals surface area contributed by atoms with E-state index in [0.717, 1.165) is 6.07 Å². The third-order valence-electron chi connectivity index (χ3n) is 2.00. The van der Waals surface area contributed by atoms with Gasteiger partial charge in [0.1, 0.15) is 5.75 Å². The topological polar surface area (TPSA) is 72.6 Å². The van der Waals surface area contributed by atoms with Gasteiger partial charge in [0.25, 0.3) is 0 Å². The fourth-order valence-corrected chi connectivity index (χ4v) is 1.69. The zero-order chi connectivity index (χ0) is 13.9. The molecule has 0 spiro atoms. The molecule has 0 amide bonds. The predicted molar refractivity (Wildman–Crippen MR) is 57.3 cm³/mol. The van der Waals surface area contributed by atoms with Gasteiger partial charge in [-0.1, -0.05) is 17.7 Å². The van der Waals surface area contributed by atoms with E-state index in [1.54, 1.807) is 0 Å². The molecule has 1 rings (SSSR count). The number of carboxylic acid groups (broad SMARTS) is 1. The van der Waals surface area contributed by atoms with Crippen LogP contribution in [0, 0.1) is 0 Å². The maximum Gasteiger partial charge on any atom is 0.573 e. The first-order chi connectivity index (χ1) is 8.20. The standard InChI is InChI=1S/C10H9ClF3NO3/c11-5-2-1-3-7(18-10(12,13)14)9(5)6(15)4-8(16)17/h1-3,6H,4,15H2,(H,16,17)/t6-/m1/s1.